The van der Waals surface area contributed by atoms with Gasteiger partial charge in [-0.2, -0.15) is 4.98 Å². The Morgan fingerprint density at radius 3 is 2.90 bits per heavy atom. The standard InChI is InChI=1S/C16H14N4O/c1-2-12-10-18-9-6-13(12)14(3-1)16-19-15(20-21-16)11-4-7-17-8-5-11/h1-5,7-8,18H,6,9-10H2. The summed E-state index contributed by atoms with van der Waals surface area (Å²) in [5.41, 5.74) is 4.57. The maximum atomic E-state index is 5.47. The highest BCUT2D eigenvalue weighted by Gasteiger charge is 2.18. The first-order chi connectivity index (χ1) is 10.4. The maximum Gasteiger partial charge on any atom is 0.258 e. The molecule has 5 heteroatoms. The zero-order valence-electron chi connectivity index (χ0n) is 11.4. The van der Waals surface area contributed by atoms with Gasteiger partial charge in [0.15, 0.2) is 0 Å². The van der Waals surface area contributed by atoms with E-state index >= 15 is 0 Å². The maximum absolute atomic E-state index is 5.47. The van der Waals surface area contributed by atoms with Crippen molar-refractivity contribution in [2.75, 3.05) is 6.54 Å². The van der Waals surface area contributed by atoms with E-state index in [-0.39, 0.29) is 0 Å². The molecule has 0 unspecified atom stereocenters. The van der Waals surface area contributed by atoms with Crippen molar-refractivity contribution in [1.29, 1.82) is 0 Å². The van der Waals surface area contributed by atoms with Gasteiger partial charge < -0.3 is 9.84 Å². The molecule has 0 saturated heterocycles. The number of nitrogens with zero attached hydrogens (tertiary/aromatic N) is 3. The summed E-state index contributed by atoms with van der Waals surface area (Å²) in [6.45, 7) is 1.88. The molecule has 1 N–H and O–H groups in total. The van der Waals surface area contributed by atoms with Crippen LogP contribution in [0.4, 0.5) is 0 Å². The molecular weight excluding hydrogens is 264 g/mol. The van der Waals surface area contributed by atoms with Crippen LogP contribution in [0, 0.1) is 0 Å². The summed E-state index contributed by atoms with van der Waals surface area (Å²) in [6.07, 6.45) is 4.43. The van der Waals surface area contributed by atoms with Gasteiger partial charge >= 0.3 is 0 Å². The number of aromatic nitrogens is 3. The summed E-state index contributed by atoms with van der Waals surface area (Å²) < 4.78 is 5.47. The minimum Gasteiger partial charge on any atom is -0.334 e. The topological polar surface area (TPSA) is 63.8 Å². The first kappa shape index (κ1) is 12.2. The summed E-state index contributed by atoms with van der Waals surface area (Å²) in [5, 5.41) is 7.46. The van der Waals surface area contributed by atoms with E-state index in [4.69, 9.17) is 4.52 Å². The zero-order valence-corrected chi connectivity index (χ0v) is 11.4. The Hall–Kier alpha value is -2.53. The van der Waals surface area contributed by atoms with Gasteiger partial charge in [-0.25, -0.2) is 0 Å². The molecule has 0 radical (unpaired) electrons. The number of hydrogen-bond acceptors (Lipinski definition) is 5. The Balaban J connectivity index is 1.77. The molecule has 5 nitrogen and oxygen atoms in total. The highest BCUT2D eigenvalue weighted by Crippen LogP contribution is 2.28. The molecule has 4 rings (SSSR count). The molecular formula is C16H14N4O. The number of benzene rings is 1. The lowest BCUT2D eigenvalue weighted by molar-refractivity contribution is 0.431. The summed E-state index contributed by atoms with van der Waals surface area (Å²) in [6, 6.07) is 9.98. The highest BCUT2D eigenvalue weighted by molar-refractivity contribution is 5.64. The van der Waals surface area contributed by atoms with Crippen molar-refractivity contribution in [3.63, 3.8) is 0 Å². The smallest absolute Gasteiger partial charge is 0.258 e. The van der Waals surface area contributed by atoms with Crippen LogP contribution in [0.2, 0.25) is 0 Å². The van der Waals surface area contributed by atoms with Crippen LogP contribution in [-0.2, 0) is 13.0 Å². The normalized spacial score (nSPS) is 13.9. The fraction of sp³-hybridized carbons (Fsp3) is 0.188. The summed E-state index contributed by atoms with van der Waals surface area (Å²) in [4.78, 5) is 8.53. The van der Waals surface area contributed by atoms with E-state index in [1.807, 2.05) is 24.3 Å². The Morgan fingerprint density at radius 2 is 2.00 bits per heavy atom. The predicted octanol–water partition coefficient (Wildman–Crippen LogP) is 2.44. The molecule has 0 amide bonds. The minimum absolute atomic E-state index is 0.584. The van der Waals surface area contributed by atoms with Crippen molar-refractivity contribution in [2.45, 2.75) is 13.0 Å². The number of fused-ring (bicyclic) bond motifs is 1. The SMILES string of the molecule is c1cc2c(c(-c3nc(-c4ccncc4)no3)c1)CCNC2. The van der Waals surface area contributed by atoms with Crippen LogP contribution in [-0.4, -0.2) is 21.7 Å². The van der Waals surface area contributed by atoms with Crippen LogP contribution in [0.15, 0.2) is 47.2 Å². The van der Waals surface area contributed by atoms with Crippen molar-refractivity contribution in [2.24, 2.45) is 0 Å². The van der Waals surface area contributed by atoms with Gasteiger partial charge in [-0.1, -0.05) is 17.3 Å². The molecule has 1 aliphatic heterocycles. The lowest BCUT2D eigenvalue weighted by Crippen LogP contribution is -2.24. The monoisotopic (exact) mass is 278 g/mol. The molecule has 1 aromatic carbocycles. The van der Waals surface area contributed by atoms with Gasteiger partial charge in [0.05, 0.1) is 0 Å². The number of pyridine rings is 1. The number of nitrogens with one attached hydrogen (secondary N) is 1. The Kier molecular flexibility index (Phi) is 2.97. The van der Waals surface area contributed by atoms with Crippen molar-refractivity contribution in [3.05, 3.63) is 53.9 Å². The van der Waals surface area contributed by atoms with E-state index in [0.717, 1.165) is 30.6 Å². The van der Waals surface area contributed by atoms with Gasteiger partial charge in [0.1, 0.15) is 0 Å². The Morgan fingerprint density at radius 1 is 1.10 bits per heavy atom. The van der Waals surface area contributed by atoms with Crippen LogP contribution in [0.5, 0.6) is 0 Å². The van der Waals surface area contributed by atoms with Crippen molar-refractivity contribution in [1.82, 2.24) is 20.4 Å². The van der Waals surface area contributed by atoms with Gasteiger partial charge in [0.25, 0.3) is 5.89 Å². The van der Waals surface area contributed by atoms with Gasteiger partial charge in [0.2, 0.25) is 5.82 Å². The van der Waals surface area contributed by atoms with Crippen LogP contribution >= 0.6 is 0 Å². The average molecular weight is 278 g/mol. The largest absolute Gasteiger partial charge is 0.334 e. The van der Waals surface area contributed by atoms with E-state index in [9.17, 15) is 0 Å². The molecule has 3 heterocycles. The van der Waals surface area contributed by atoms with E-state index < -0.39 is 0 Å². The third-order valence-corrected chi connectivity index (χ3v) is 3.74. The fourth-order valence-electron chi connectivity index (χ4n) is 2.68. The van der Waals surface area contributed by atoms with E-state index in [1.54, 1.807) is 12.4 Å². The molecule has 0 spiro atoms. The zero-order chi connectivity index (χ0) is 14.1. The fourth-order valence-corrected chi connectivity index (χ4v) is 2.68. The van der Waals surface area contributed by atoms with Crippen molar-refractivity contribution < 1.29 is 4.52 Å². The molecule has 0 aliphatic carbocycles. The predicted molar refractivity (Wildman–Crippen MR) is 78.4 cm³/mol. The quantitative estimate of drug-likeness (QED) is 0.780. The molecule has 0 fully saturated rings. The second-order valence-corrected chi connectivity index (χ2v) is 5.03. The van der Waals surface area contributed by atoms with Crippen LogP contribution in [0.1, 0.15) is 11.1 Å². The first-order valence-electron chi connectivity index (χ1n) is 6.98. The van der Waals surface area contributed by atoms with Gasteiger partial charge in [-0.3, -0.25) is 4.98 Å². The minimum atomic E-state index is 0.584. The summed E-state index contributed by atoms with van der Waals surface area (Å²) in [5.74, 6) is 1.18. The van der Waals surface area contributed by atoms with Crippen molar-refractivity contribution >= 4 is 0 Å². The Bertz CT molecular complexity index is 767. The Labute approximate surface area is 122 Å². The molecule has 3 aromatic rings. The van der Waals surface area contributed by atoms with Crippen LogP contribution < -0.4 is 5.32 Å². The van der Waals surface area contributed by atoms with Gasteiger partial charge in [-0.05, 0) is 42.3 Å². The number of rotatable bonds is 2. The molecule has 0 atom stereocenters. The third-order valence-electron chi connectivity index (χ3n) is 3.74. The molecule has 104 valence electrons. The van der Waals surface area contributed by atoms with Crippen molar-refractivity contribution in [3.8, 4) is 22.8 Å². The molecule has 2 aromatic heterocycles. The summed E-state index contributed by atoms with van der Waals surface area (Å²) >= 11 is 0. The molecule has 0 bridgehead atoms. The second kappa shape index (κ2) is 5.10. The molecule has 21 heavy (non-hydrogen) atoms. The van der Waals surface area contributed by atoms with Crippen LogP contribution in [0.3, 0.4) is 0 Å². The molecule has 0 saturated carbocycles. The lowest BCUT2D eigenvalue weighted by Gasteiger charge is -2.18. The summed E-state index contributed by atoms with van der Waals surface area (Å²) in [7, 11) is 0. The van der Waals surface area contributed by atoms with E-state index in [1.165, 1.54) is 11.1 Å². The van der Waals surface area contributed by atoms with E-state index in [0.29, 0.717) is 11.7 Å². The van der Waals surface area contributed by atoms with Gasteiger partial charge in [0, 0.05) is 30.1 Å². The average Bonchev–Trinajstić information content (AvgIpc) is 3.05. The highest BCUT2D eigenvalue weighted by atomic mass is 16.5. The van der Waals surface area contributed by atoms with Crippen LogP contribution in [0.25, 0.3) is 22.8 Å². The number of hydrogen-bond donors (Lipinski definition) is 1. The molecule has 1 aliphatic rings. The first-order valence-corrected chi connectivity index (χ1v) is 6.98. The third kappa shape index (κ3) is 2.21. The van der Waals surface area contributed by atoms with Gasteiger partial charge in [-0.15, -0.1) is 0 Å². The van der Waals surface area contributed by atoms with E-state index in [2.05, 4.69) is 26.5 Å². The lowest BCUT2D eigenvalue weighted by atomic mass is 9.95. The second-order valence-electron chi connectivity index (χ2n) is 5.03.